The molecule has 0 amide bonds. The fraction of sp³-hybridized carbons (Fsp3) is 0.0714. The van der Waals surface area contributed by atoms with Gasteiger partial charge in [-0.05, 0) is 36.8 Å². The second-order valence-electron chi connectivity index (χ2n) is 4.25. The molecule has 2 N–H and O–H groups in total. The van der Waals surface area contributed by atoms with Crippen molar-refractivity contribution in [3.63, 3.8) is 0 Å². The smallest absolute Gasteiger partial charge is 0.206 e. The number of rotatable bonds is 1. The van der Waals surface area contributed by atoms with E-state index in [0.717, 1.165) is 16.6 Å². The van der Waals surface area contributed by atoms with Crippen LogP contribution in [0.4, 0.5) is 10.3 Å². The number of hydrogen-bond acceptors (Lipinski definition) is 2. The molecule has 3 nitrogen and oxygen atoms in total. The highest BCUT2D eigenvalue weighted by Crippen LogP contribution is 2.24. The molecule has 3 rings (SSSR count). The maximum absolute atomic E-state index is 14.0. The zero-order valence-corrected chi connectivity index (χ0v) is 9.89. The van der Waals surface area contributed by atoms with Crippen LogP contribution in [0.5, 0.6) is 0 Å². The number of nitrogens with zero attached hydrogens (tertiary/aromatic N) is 2. The largest absolute Gasteiger partial charge is 0.369 e. The summed E-state index contributed by atoms with van der Waals surface area (Å²) in [5.41, 5.74) is 8.74. The Labute approximate surface area is 104 Å². The Morgan fingerprint density at radius 1 is 1.17 bits per heavy atom. The SMILES string of the molecule is Cc1ccc(-n2c(N)nc3ccccc32)c(F)c1. The van der Waals surface area contributed by atoms with Gasteiger partial charge in [0.15, 0.2) is 0 Å². The van der Waals surface area contributed by atoms with Gasteiger partial charge >= 0.3 is 0 Å². The van der Waals surface area contributed by atoms with E-state index in [9.17, 15) is 4.39 Å². The fourth-order valence-electron chi connectivity index (χ4n) is 2.09. The van der Waals surface area contributed by atoms with E-state index in [4.69, 9.17) is 5.73 Å². The van der Waals surface area contributed by atoms with E-state index >= 15 is 0 Å². The lowest BCUT2D eigenvalue weighted by Gasteiger charge is -2.08. The fourth-order valence-corrected chi connectivity index (χ4v) is 2.09. The predicted molar refractivity (Wildman–Crippen MR) is 70.2 cm³/mol. The molecule has 0 atom stereocenters. The Balaban J connectivity index is 2.34. The molecule has 0 saturated heterocycles. The Hall–Kier alpha value is -2.36. The van der Waals surface area contributed by atoms with Crippen molar-refractivity contribution >= 4 is 17.0 Å². The zero-order chi connectivity index (χ0) is 12.7. The number of fused-ring (bicyclic) bond motifs is 1. The van der Waals surface area contributed by atoms with Gasteiger partial charge in [-0.2, -0.15) is 0 Å². The van der Waals surface area contributed by atoms with Crippen LogP contribution in [0.2, 0.25) is 0 Å². The predicted octanol–water partition coefficient (Wildman–Crippen LogP) is 3.06. The molecular formula is C14H12FN3. The molecule has 2 aromatic carbocycles. The Bertz CT molecular complexity index is 731. The number of benzene rings is 2. The highest BCUT2D eigenvalue weighted by molar-refractivity contribution is 5.80. The van der Waals surface area contributed by atoms with Gasteiger partial charge in [0.25, 0.3) is 0 Å². The summed E-state index contributed by atoms with van der Waals surface area (Å²) >= 11 is 0. The molecule has 3 aromatic rings. The average molecular weight is 241 g/mol. The summed E-state index contributed by atoms with van der Waals surface area (Å²) in [7, 11) is 0. The number of nitrogens with two attached hydrogens (primary N) is 1. The highest BCUT2D eigenvalue weighted by atomic mass is 19.1. The van der Waals surface area contributed by atoms with Crippen molar-refractivity contribution in [2.45, 2.75) is 6.92 Å². The van der Waals surface area contributed by atoms with Crippen LogP contribution in [-0.2, 0) is 0 Å². The summed E-state index contributed by atoms with van der Waals surface area (Å²) in [6.07, 6.45) is 0. The van der Waals surface area contributed by atoms with Gasteiger partial charge in [-0.15, -0.1) is 0 Å². The number of halogens is 1. The third-order valence-electron chi connectivity index (χ3n) is 2.93. The molecule has 0 aliphatic carbocycles. The topological polar surface area (TPSA) is 43.8 Å². The third-order valence-corrected chi connectivity index (χ3v) is 2.93. The minimum absolute atomic E-state index is 0.291. The maximum Gasteiger partial charge on any atom is 0.206 e. The van der Waals surface area contributed by atoms with E-state index in [0.29, 0.717) is 11.6 Å². The Morgan fingerprint density at radius 3 is 2.72 bits per heavy atom. The van der Waals surface area contributed by atoms with Crippen molar-refractivity contribution in [1.82, 2.24) is 9.55 Å². The van der Waals surface area contributed by atoms with Crippen molar-refractivity contribution in [3.8, 4) is 5.69 Å². The molecule has 0 fully saturated rings. The Morgan fingerprint density at radius 2 is 1.94 bits per heavy atom. The van der Waals surface area contributed by atoms with Gasteiger partial charge in [0.2, 0.25) is 5.95 Å². The number of aromatic nitrogens is 2. The van der Waals surface area contributed by atoms with Crippen LogP contribution in [0.25, 0.3) is 16.7 Å². The first-order valence-corrected chi connectivity index (χ1v) is 5.66. The number of para-hydroxylation sites is 2. The van der Waals surface area contributed by atoms with Gasteiger partial charge < -0.3 is 5.73 Å². The molecule has 18 heavy (non-hydrogen) atoms. The van der Waals surface area contributed by atoms with Gasteiger partial charge in [-0.1, -0.05) is 18.2 Å². The minimum Gasteiger partial charge on any atom is -0.369 e. The maximum atomic E-state index is 14.0. The first-order chi connectivity index (χ1) is 8.66. The van der Waals surface area contributed by atoms with Gasteiger partial charge in [0, 0.05) is 0 Å². The first kappa shape index (κ1) is 10.8. The van der Waals surface area contributed by atoms with Crippen LogP contribution in [0.1, 0.15) is 5.56 Å². The molecule has 1 heterocycles. The average Bonchev–Trinajstić information content (AvgIpc) is 2.66. The quantitative estimate of drug-likeness (QED) is 0.711. The van der Waals surface area contributed by atoms with Crippen LogP contribution >= 0.6 is 0 Å². The molecule has 0 unspecified atom stereocenters. The van der Waals surface area contributed by atoms with Crippen molar-refractivity contribution in [2.75, 3.05) is 5.73 Å². The minimum atomic E-state index is -0.301. The van der Waals surface area contributed by atoms with Crippen molar-refractivity contribution < 1.29 is 4.39 Å². The van der Waals surface area contributed by atoms with E-state index in [1.165, 1.54) is 6.07 Å². The van der Waals surface area contributed by atoms with Crippen LogP contribution in [0.15, 0.2) is 42.5 Å². The summed E-state index contributed by atoms with van der Waals surface area (Å²) in [6, 6.07) is 12.5. The molecule has 0 saturated carbocycles. The number of anilines is 1. The van der Waals surface area contributed by atoms with E-state index in [1.807, 2.05) is 37.3 Å². The van der Waals surface area contributed by atoms with Crippen molar-refractivity contribution in [2.24, 2.45) is 0 Å². The lowest BCUT2D eigenvalue weighted by atomic mass is 10.2. The van der Waals surface area contributed by atoms with E-state index < -0.39 is 0 Å². The van der Waals surface area contributed by atoms with Crippen molar-refractivity contribution in [3.05, 3.63) is 53.8 Å². The third kappa shape index (κ3) is 1.54. The highest BCUT2D eigenvalue weighted by Gasteiger charge is 2.12. The standard InChI is InChI=1S/C14H12FN3/c1-9-6-7-12(10(15)8-9)18-13-5-3-2-4-11(13)17-14(18)16/h2-8H,1H3,(H2,16,17). The lowest BCUT2D eigenvalue weighted by Crippen LogP contribution is -2.03. The van der Waals surface area contributed by atoms with E-state index in [2.05, 4.69) is 4.98 Å². The molecule has 0 aliphatic heterocycles. The molecule has 4 heteroatoms. The van der Waals surface area contributed by atoms with Gasteiger partial charge in [-0.25, -0.2) is 9.37 Å². The van der Waals surface area contributed by atoms with E-state index in [-0.39, 0.29) is 5.82 Å². The summed E-state index contributed by atoms with van der Waals surface area (Å²) in [4.78, 5) is 4.23. The molecule has 0 bridgehead atoms. The Kier molecular flexibility index (Phi) is 2.30. The number of imidazole rings is 1. The van der Waals surface area contributed by atoms with Gasteiger partial charge in [0.05, 0.1) is 16.7 Å². The number of aryl methyl sites for hydroxylation is 1. The monoisotopic (exact) mass is 241 g/mol. The first-order valence-electron chi connectivity index (χ1n) is 5.66. The summed E-state index contributed by atoms with van der Waals surface area (Å²) in [5, 5.41) is 0. The van der Waals surface area contributed by atoms with E-state index in [1.54, 1.807) is 10.6 Å². The number of hydrogen-bond donors (Lipinski definition) is 1. The zero-order valence-electron chi connectivity index (χ0n) is 9.89. The lowest BCUT2D eigenvalue weighted by molar-refractivity contribution is 0.619. The molecule has 0 spiro atoms. The van der Waals surface area contributed by atoms with Gasteiger partial charge in [-0.3, -0.25) is 4.57 Å². The van der Waals surface area contributed by atoms with Crippen LogP contribution in [-0.4, -0.2) is 9.55 Å². The molecular weight excluding hydrogens is 229 g/mol. The van der Waals surface area contributed by atoms with Crippen LogP contribution in [0, 0.1) is 12.7 Å². The summed E-state index contributed by atoms with van der Waals surface area (Å²) in [5.74, 6) is -0.0104. The molecule has 0 radical (unpaired) electrons. The molecule has 90 valence electrons. The van der Waals surface area contributed by atoms with Crippen molar-refractivity contribution in [1.29, 1.82) is 0 Å². The summed E-state index contributed by atoms with van der Waals surface area (Å²) < 4.78 is 15.6. The second kappa shape index (κ2) is 3.84. The number of nitrogen functional groups attached to an aromatic ring is 1. The second-order valence-corrected chi connectivity index (χ2v) is 4.25. The van der Waals surface area contributed by atoms with Gasteiger partial charge in [0.1, 0.15) is 5.82 Å². The van der Waals surface area contributed by atoms with Crippen LogP contribution < -0.4 is 5.73 Å². The molecule has 0 aliphatic rings. The normalized spacial score (nSPS) is 11.0. The van der Waals surface area contributed by atoms with Crippen LogP contribution in [0.3, 0.4) is 0 Å². The molecule has 1 aromatic heterocycles. The summed E-state index contributed by atoms with van der Waals surface area (Å²) in [6.45, 7) is 1.85.